The second kappa shape index (κ2) is 6.55. The van der Waals surface area contributed by atoms with Crippen molar-refractivity contribution in [3.8, 4) is 0 Å². The van der Waals surface area contributed by atoms with Crippen molar-refractivity contribution in [3.05, 3.63) is 0 Å². The highest BCUT2D eigenvalue weighted by Crippen LogP contribution is 2.36. The van der Waals surface area contributed by atoms with Gasteiger partial charge in [0, 0.05) is 37.3 Å². The molecule has 1 saturated carbocycles. The summed E-state index contributed by atoms with van der Waals surface area (Å²) in [5, 5.41) is 2.62. The Hall–Kier alpha value is -0.120. The van der Waals surface area contributed by atoms with Crippen LogP contribution in [0.4, 0.5) is 0 Å². The van der Waals surface area contributed by atoms with Gasteiger partial charge in [0.1, 0.15) is 0 Å². The molecule has 2 bridgehead atoms. The van der Waals surface area contributed by atoms with Crippen molar-refractivity contribution in [1.82, 2.24) is 15.3 Å². The van der Waals surface area contributed by atoms with Gasteiger partial charge in [-0.3, -0.25) is 5.43 Å². The second-order valence-corrected chi connectivity index (χ2v) is 8.19. The lowest BCUT2D eigenvalue weighted by Gasteiger charge is -2.52. The fraction of sp³-hybridized carbons (Fsp3) is 1.00. The molecule has 0 aromatic carbocycles. The lowest BCUT2D eigenvalue weighted by atomic mass is 9.73. The Morgan fingerprint density at radius 3 is 1.90 bits per heavy atom. The summed E-state index contributed by atoms with van der Waals surface area (Å²) in [6, 6.07) is 2.86. The van der Waals surface area contributed by atoms with Crippen molar-refractivity contribution in [2.45, 2.75) is 90.4 Å². The molecule has 4 unspecified atom stereocenters. The number of hydrogen-bond acceptors (Lipinski definition) is 3. The van der Waals surface area contributed by atoms with Crippen LogP contribution in [-0.2, 0) is 0 Å². The number of nitrogens with zero attached hydrogens (tertiary/aromatic N) is 2. The van der Waals surface area contributed by atoms with Crippen molar-refractivity contribution in [2.24, 2.45) is 11.8 Å². The molecule has 0 aromatic rings. The third-order valence-electron chi connectivity index (χ3n) is 6.33. The molecule has 2 aliphatic heterocycles. The fourth-order valence-corrected chi connectivity index (χ4v) is 4.95. The number of hydrogen-bond donors (Lipinski definition) is 1. The molecule has 3 heteroatoms. The van der Waals surface area contributed by atoms with Crippen molar-refractivity contribution < 1.29 is 0 Å². The molecule has 0 spiro atoms. The highest BCUT2D eigenvalue weighted by molar-refractivity contribution is 4.96. The number of rotatable bonds is 3. The Labute approximate surface area is 131 Å². The third kappa shape index (κ3) is 3.30. The van der Waals surface area contributed by atoms with Gasteiger partial charge >= 0.3 is 0 Å². The first kappa shape index (κ1) is 15.8. The van der Waals surface area contributed by atoms with Gasteiger partial charge in [0.05, 0.1) is 0 Å². The van der Waals surface area contributed by atoms with Crippen molar-refractivity contribution in [1.29, 1.82) is 0 Å². The van der Waals surface area contributed by atoms with Gasteiger partial charge in [0.15, 0.2) is 0 Å². The van der Waals surface area contributed by atoms with E-state index in [0.717, 1.165) is 17.9 Å². The average Bonchev–Trinajstić information content (AvgIpc) is 2.42. The Bertz CT molecular complexity index is 319. The van der Waals surface area contributed by atoms with Gasteiger partial charge in [0.25, 0.3) is 0 Å². The van der Waals surface area contributed by atoms with Crippen LogP contribution < -0.4 is 5.43 Å². The minimum atomic E-state index is 0.706. The van der Waals surface area contributed by atoms with Gasteiger partial charge in [-0.25, -0.2) is 5.01 Å². The number of fused-ring (bicyclic) bond motifs is 2. The molecule has 0 amide bonds. The largest absolute Gasteiger partial charge is 0.300 e. The predicted octanol–water partition coefficient (Wildman–Crippen LogP) is 3.26. The van der Waals surface area contributed by atoms with Gasteiger partial charge in [0.2, 0.25) is 0 Å². The number of likely N-dealkylation sites (tertiary alicyclic amines) is 1. The first-order valence-corrected chi connectivity index (χ1v) is 9.34. The van der Waals surface area contributed by atoms with E-state index >= 15 is 0 Å². The van der Waals surface area contributed by atoms with Crippen molar-refractivity contribution in [2.75, 3.05) is 13.1 Å². The zero-order valence-electron chi connectivity index (χ0n) is 14.5. The minimum Gasteiger partial charge on any atom is -0.300 e. The van der Waals surface area contributed by atoms with E-state index in [1.165, 1.54) is 51.6 Å². The fourth-order valence-electron chi connectivity index (χ4n) is 4.95. The summed E-state index contributed by atoms with van der Waals surface area (Å²) in [4.78, 5) is 2.72. The Morgan fingerprint density at radius 1 is 0.857 bits per heavy atom. The van der Waals surface area contributed by atoms with E-state index < -0.39 is 0 Å². The summed E-state index contributed by atoms with van der Waals surface area (Å²) in [7, 11) is 0. The zero-order chi connectivity index (χ0) is 15.0. The van der Waals surface area contributed by atoms with Gasteiger partial charge in [-0.15, -0.1) is 0 Å². The Morgan fingerprint density at radius 2 is 1.38 bits per heavy atom. The summed E-state index contributed by atoms with van der Waals surface area (Å²) in [6.07, 6.45) is 8.42. The molecule has 0 radical (unpaired) electrons. The van der Waals surface area contributed by atoms with Crippen LogP contribution in [0, 0.1) is 11.8 Å². The SMILES string of the molecule is CC(C)N1CC2CCCC(C1)C2NN1C(C)CCCC1C. The molecule has 0 aromatic heterocycles. The lowest BCUT2D eigenvalue weighted by molar-refractivity contribution is -0.0432. The van der Waals surface area contributed by atoms with E-state index in [-0.39, 0.29) is 0 Å². The molecule has 3 aliphatic rings. The zero-order valence-corrected chi connectivity index (χ0v) is 14.5. The standard InChI is InChI=1S/C18H35N3/c1-13(2)20-11-16-9-6-10-17(12-20)18(16)19-21-14(3)7-5-8-15(21)4/h13-19H,5-12H2,1-4H3. The Balaban J connectivity index is 1.67. The van der Waals surface area contributed by atoms with Crippen LogP contribution >= 0.6 is 0 Å². The minimum absolute atomic E-state index is 0.706. The van der Waals surface area contributed by atoms with Crippen molar-refractivity contribution in [3.63, 3.8) is 0 Å². The monoisotopic (exact) mass is 293 g/mol. The first-order valence-electron chi connectivity index (χ1n) is 9.34. The number of piperidine rings is 2. The van der Waals surface area contributed by atoms with E-state index in [1.54, 1.807) is 0 Å². The van der Waals surface area contributed by atoms with Gasteiger partial charge in [-0.2, -0.15) is 0 Å². The van der Waals surface area contributed by atoms with Crippen molar-refractivity contribution >= 4 is 0 Å². The van der Waals surface area contributed by atoms with Crippen LogP contribution in [-0.4, -0.2) is 47.2 Å². The highest BCUT2D eigenvalue weighted by Gasteiger charge is 2.41. The average molecular weight is 293 g/mol. The number of nitrogens with one attached hydrogen (secondary N) is 1. The van der Waals surface area contributed by atoms with Gasteiger partial charge in [-0.1, -0.05) is 12.8 Å². The molecule has 3 fully saturated rings. The van der Waals surface area contributed by atoms with E-state index in [9.17, 15) is 0 Å². The normalized spacial score (nSPS) is 42.4. The predicted molar refractivity (Wildman–Crippen MR) is 89.1 cm³/mol. The second-order valence-electron chi connectivity index (χ2n) is 8.19. The van der Waals surface area contributed by atoms with E-state index in [0.29, 0.717) is 18.1 Å². The Kier molecular flexibility index (Phi) is 4.92. The maximum absolute atomic E-state index is 4.03. The highest BCUT2D eigenvalue weighted by atomic mass is 15.5. The van der Waals surface area contributed by atoms with E-state index in [1.807, 2.05) is 0 Å². The summed E-state index contributed by atoms with van der Waals surface area (Å²) in [6.45, 7) is 12.1. The molecule has 3 rings (SSSR count). The molecule has 1 N–H and O–H groups in total. The third-order valence-corrected chi connectivity index (χ3v) is 6.33. The van der Waals surface area contributed by atoms with Gasteiger partial charge in [-0.05, 0) is 65.2 Å². The quantitative estimate of drug-likeness (QED) is 0.861. The molecule has 3 nitrogen and oxygen atoms in total. The van der Waals surface area contributed by atoms with E-state index in [2.05, 4.69) is 43.0 Å². The van der Waals surface area contributed by atoms with Crippen LogP contribution in [0.2, 0.25) is 0 Å². The maximum Gasteiger partial charge on any atom is 0.0296 e. The molecule has 1 aliphatic carbocycles. The van der Waals surface area contributed by atoms with E-state index in [4.69, 9.17) is 0 Å². The molecule has 2 heterocycles. The topological polar surface area (TPSA) is 18.5 Å². The molecule has 2 saturated heterocycles. The van der Waals surface area contributed by atoms with Gasteiger partial charge < -0.3 is 4.90 Å². The molecule has 122 valence electrons. The van der Waals surface area contributed by atoms with Crippen LogP contribution in [0.3, 0.4) is 0 Å². The first-order chi connectivity index (χ1) is 10.1. The molecule has 21 heavy (non-hydrogen) atoms. The summed E-state index contributed by atoms with van der Waals surface area (Å²) in [5.74, 6) is 1.72. The van der Waals surface area contributed by atoms with Crippen LogP contribution in [0.5, 0.6) is 0 Å². The smallest absolute Gasteiger partial charge is 0.0296 e. The van der Waals surface area contributed by atoms with Crippen LogP contribution in [0.15, 0.2) is 0 Å². The maximum atomic E-state index is 4.03. The summed E-state index contributed by atoms with van der Waals surface area (Å²) < 4.78 is 0. The summed E-state index contributed by atoms with van der Waals surface area (Å²) >= 11 is 0. The molecular weight excluding hydrogens is 258 g/mol. The summed E-state index contributed by atoms with van der Waals surface area (Å²) in [5.41, 5.74) is 4.03. The lowest BCUT2D eigenvalue weighted by Crippen LogP contribution is -2.64. The number of hydrazine groups is 1. The molecular formula is C18H35N3. The van der Waals surface area contributed by atoms with Crippen LogP contribution in [0.1, 0.15) is 66.2 Å². The van der Waals surface area contributed by atoms with Crippen LogP contribution in [0.25, 0.3) is 0 Å². The molecule has 4 atom stereocenters.